The number of ether oxygens (including phenoxy) is 1. The summed E-state index contributed by atoms with van der Waals surface area (Å²) in [5.74, 6) is -0.0362. The van der Waals surface area contributed by atoms with Crippen molar-refractivity contribution in [3.63, 3.8) is 0 Å². The van der Waals surface area contributed by atoms with Crippen LogP contribution in [0.1, 0.15) is 64.7 Å². The van der Waals surface area contributed by atoms with Crippen LogP contribution < -0.4 is 5.73 Å². The smallest absolute Gasteiger partial charge is 0.243 e. The Morgan fingerprint density at radius 1 is 1.09 bits per heavy atom. The molecule has 3 fully saturated rings. The normalized spacial score (nSPS) is 29.1. The van der Waals surface area contributed by atoms with Gasteiger partial charge in [0.15, 0.2) is 0 Å². The highest BCUT2D eigenvalue weighted by Crippen LogP contribution is 2.51. The van der Waals surface area contributed by atoms with E-state index in [2.05, 4.69) is 11.8 Å². The Morgan fingerprint density at radius 3 is 2.26 bits per heavy atom. The summed E-state index contributed by atoms with van der Waals surface area (Å²) >= 11 is 0. The fourth-order valence-electron chi connectivity index (χ4n) is 4.77. The Balaban J connectivity index is 1.54. The number of carbonyl (C=O) groups excluding carboxylic acids is 2. The molecule has 3 rings (SSSR count). The third kappa shape index (κ3) is 3.25. The van der Waals surface area contributed by atoms with Crippen LogP contribution in [0.4, 0.5) is 0 Å². The molecule has 2 saturated carbocycles. The molecule has 0 bridgehead atoms. The molecule has 2 N–H and O–H groups in total. The summed E-state index contributed by atoms with van der Waals surface area (Å²) in [5, 5.41) is 0. The molecule has 1 atom stereocenters. The van der Waals surface area contributed by atoms with E-state index in [-0.39, 0.29) is 23.5 Å². The fourth-order valence-corrected chi connectivity index (χ4v) is 4.77. The first-order valence-corrected chi connectivity index (χ1v) is 9.15. The van der Waals surface area contributed by atoms with Crippen LogP contribution in [0.2, 0.25) is 0 Å². The molecule has 0 aromatic rings. The first-order valence-electron chi connectivity index (χ1n) is 9.15. The Bertz CT molecular complexity index is 463. The second-order valence-electron chi connectivity index (χ2n) is 8.08. The van der Waals surface area contributed by atoms with Crippen LogP contribution in [0.25, 0.3) is 0 Å². The van der Waals surface area contributed by atoms with Gasteiger partial charge in [-0.05, 0) is 38.5 Å². The SMILES string of the molecule is CC1(C(=O)N2CCC3(CCC3OCC(N)=O)CC2)CCCCC1. The van der Waals surface area contributed by atoms with E-state index >= 15 is 0 Å². The van der Waals surface area contributed by atoms with Crippen molar-refractivity contribution in [2.75, 3.05) is 19.7 Å². The summed E-state index contributed by atoms with van der Waals surface area (Å²) in [6.07, 6.45) is 10.0. The monoisotopic (exact) mass is 322 g/mol. The lowest BCUT2D eigenvalue weighted by Gasteiger charge is -2.54. The molecule has 1 heterocycles. The van der Waals surface area contributed by atoms with Crippen LogP contribution >= 0.6 is 0 Å². The van der Waals surface area contributed by atoms with E-state index in [1.165, 1.54) is 19.3 Å². The van der Waals surface area contributed by atoms with Crippen molar-refractivity contribution in [3.8, 4) is 0 Å². The van der Waals surface area contributed by atoms with Crippen LogP contribution in [-0.2, 0) is 14.3 Å². The molecular formula is C18H30N2O3. The number of nitrogens with zero attached hydrogens (tertiary/aromatic N) is 1. The number of carbonyl (C=O) groups is 2. The molecule has 0 aromatic heterocycles. The van der Waals surface area contributed by atoms with Crippen molar-refractivity contribution in [1.29, 1.82) is 0 Å². The Labute approximate surface area is 138 Å². The van der Waals surface area contributed by atoms with E-state index in [9.17, 15) is 9.59 Å². The van der Waals surface area contributed by atoms with E-state index in [4.69, 9.17) is 10.5 Å². The van der Waals surface area contributed by atoms with Gasteiger partial charge in [-0.3, -0.25) is 9.59 Å². The third-order valence-electron chi connectivity index (χ3n) is 6.53. The standard InChI is InChI=1S/C18H30N2O3/c1-17(6-3-2-4-7-17)16(22)20-11-9-18(10-12-20)8-5-14(18)23-13-15(19)21/h14H,2-13H2,1H3,(H2,19,21). The lowest BCUT2D eigenvalue weighted by Crippen LogP contribution is -2.56. The number of piperidine rings is 1. The highest BCUT2D eigenvalue weighted by molar-refractivity contribution is 5.82. The van der Waals surface area contributed by atoms with Gasteiger partial charge in [0.2, 0.25) is 11.8 Å². The number of hydrogen-bond donors (Lipinski definition) is 1. The van der Waals surface area contributed by atoms with E-state index < -0.39 is 5.91 Å². The molecule has 5 nitrogen and oxygen atoms in total. The van der Waals surface area contributed by atoms with Crippen molar-refractivity contribution in [2.24, 2.45) is 16.6 Å². The lowest BCUT2D eigenvalue weighted by atomic mass is 9.60. The second kappa shape index (κ2) is 6.42. The number of hydrogen-bond acceptors (Lipinski definition) is 3. The molecular weight excluding hydrogens is 292 g/mol. The van der Waals surface area contributed by atoms with Gasteiger partial charge in [0.25, 0.3) is 0 Å². The summed E-state index contributed by atoms with van der Waals surface area (Å²) in [7, 11) is 0. The lowest BCUT2D eigenvalue weighted by molar-refractivity contribution is -0.161. The van der Waals surface area contributed by atoms with E-state index in [1.807, 2.05) is 0 Å². The highest BCUT2D eigenvalue weighted by Gasteiger charge is 2.50. The highest BCUT2D eigenvalue weighted by atomic mass is 16.5. The van der Waals surface area contributed by atoms with Crippen molar-refractivity contribution in [3.05, 3.63) is 0 Å². The molecule has 2 aliphatic carbocycles. The predicted octanol–water partition coefficient (Wildman–Crippen LogP) is 2.23. The van der Waals surface area contributed by atoms with Crippen molar-refractivity contribution < 1.29 is 14.3 Å². The molecule has 1 aliphatic heterocycles. The maximum absolute atomic E-state index is 12.9. The van der Waals surface area contributed by atoms with Crippen LogP contribution in [0.15, 0.2) is 0 Å². The molecule has 1 saturated heterocycles. The zero-order valence-electron chi connectivity index (χ0n) is 14.3. The van der Waals surface area contributed by atoms with Crippen LogP contribution in [0.3, 0.4) is 0 Å². The van der Waals surface area contributed by atoms with Crippen LogP contribution in [0.5, 0.6) is 0 Å². The molecule has 3 aliphatic rings. The van der Waals surface area contributed by atoms with Gasteiger partial charge in [0, 0.05) is 23.9 Å². The molecule has 23 heavy (non-hydrogen) atoms. The molecule has 0 aromatic carbocycles. The Hall–Kier alpha value is -1.10. The van der Waals surface area contributed by atoms with Gasteiger partial charge >= 0.3 is 0 Å². The topological polar surface area (TPSA) is 72.6 Å². The number of rotatable bonds is 4. The maximum atomic E-state index is 12.9. The van der Waals surface area contributed by atoms with Gasteiger partial charge in [-0.25, -0.2) is 0 Å². The molecule has 5 heteroatoms. The average molecular weight is 322 g/mol. The van der Waals surface area contributed by atoms with Gasteiger partial charge in [-0.15, -0.1) is 0 Å². The molecule has 1 unspecified atom stereocenters. The van der Waals surface area contributed by atoms with E-state index in [0.29, 0.717) is 5.91 Å². The van der Waals surface area contributed by atoms with Crippen LogP contribution in [0, 0.1) is 10.8 Å². The zero-order valence-corrected chi connectivity index (χ0v) is 14.3. The average Bonchev–Trinajstić information content (AvgIpc) is 2.54. The van der Waals surface area contributed by atoms with Gasteiger partial charge in [-0.1, -0.05) is 26.2 Å². The van der Waals surface area contributed by atoms with Gasteiger partial charge < -0.3 is 15.4 Å². The Morgan fingerprint density at radius 2 is 1.74 bits per heavy atom. The zero-order chi connectivity index (χ0) is 16.5. The summed E-state index contributed by atoms with van der Waals surface area (Å²) in [5.41, 5.74) is 5.23. The molecule has 2 amide bonds. The fraction of sp³-hybridized carbons (Fsp3) is 0.889. The molecule has 0 radical (unpaired) electrons. The van der Waals surface area contributed by atoms with Crippen molar-refractivity contribution in [2.45, 2.75) is 70.8 Å². The first kappa shape index (κ1) is 16.7. The van der Waals surface area contributed by atoms with Gasteiger partial charge in [-0.2, -0.15) is 0 Å². The first-order chi connectivity index (χ1) is 11.0. The second-order valence-corrected chi connectivity index (χ2v) is 8.08. The quantitative estimate of drug-likeness (QED) is 0.862. The minimum Gasteiger partial charge on any atom is -0.368 e. The summed E-state index contributed by atoms with van der Waals surface area (Å²) < 4.78 is 5.69. The Kier molecular flexibility index (Phi) is 4.68. The minimum absolute atomic E-state index is 0.0210. The number of primary amides is 1. The maximum Gasteiger partial charge on any atom is 0.243 e. The minimum atomic E-state index is -0.398. The summed E-state index contributed by atoms with van der Waals surface area (Å²) in [4.78, 5) is 25.9. The van der Waals surface area contributed by atoms with Crippen molar-refractivity contribution in [1.82, 2.24) is 4.90 Å². The number of likely N-dealkylation sites (tertiary alicyclic amines) is 1. The van der Waals surface area contributed by atoms with Crippen molar-refractivity contribution >= 4 is 11.8 Å². The van der Waals surface area contributed by atoms with E-state index in [1.54, 1.807) is 0 Å². The molecule has 130 valence electrons. The van der Waals surface area contributed by atoms with Gasteiger partial charge in [0.05, 0.1) is 6.10 Å². The summed E-state index contributed by atoms with van der Waals surface area (Å²) in [6.45, 7) is 3.85. The third-order valence-corrected chi connectivity index (χ3v) is 6.53. The summed E-state index contributed by atoms with van der Waals surface area (Å²) in [6, 6.07) is 0. The van der Waals surface area contributed by atoms with Crippen LogP contribution in [-0.4, -0.2) is 42.5 Å². The van der Waals surface area contributed by atoms with Gasteiger partial charge in [0.1, 0.15) is 6.61 Å². The van der Waals surface area contributed by atoms with E-state index in [0.717, 1.165) is 51.6 Å². The predicted molar refractivity (Wildman–Crippen MR) is 87.6 cm³/mol. The number of nitrogens with two attached hydrogens (primary N) is 1. The largest absolute Gasteiger partial charge is 0.368 e. The number of amides is 2. The molecule has 1 spiro atoms.